The first-order valence-corrected chi connectivity index (χ1v) is 8.74. The molecule has 0 bridgehead atoms. The van der Waals surface area contributed by atoms with Gasteiger partial charge in [0.15, 0.2) is 0 Å². The molecule has 7 nitrogen and oxygen atoms in total. The molecule has 0 atom stereocenters. The number of rotatable bonds is 6. The molecule has 1 fully saturated rings. The molecule has 0 unspecified atom stereocenters. The van der Waals surface area contributed by atoms with Crippen molar-refractivity contribution in [2.24, 2.45) is 0 Å². The second-order valence-corrected chi connectivity index (χ2v) is 6.31. The van der Waals surface area contributed by atoms with Crippen LogP contribution in [0.5, 0.6) is 0 Å². The van der Waals surface area contributed by atoms with Gasteiger partial charge in [-0.3, -0.25) is 9.59 Å². The Bertz CT molecular complexity index is 649. The lowest BCUT2D eigenvalue weighted by atomic mass is 9.80. The Balaban J connectivity index is 2.27. The maximum Gasteiger partial charge on any atom is 0.354 e. The van der Waals surface area contributed by atoms with E-state index in [-0.39, 0.29) is 17.2 Å². The normalized spacial score (nSPS) is 16.1. The van der Waals surface area contributed by atoms with Crippen molar-refractivity contribution in [1.29, 1.82) is 0 Å². The third-order valence-electron chi connectivity index (χ3n) is 4.76. The van der Waals surface area contributed by atoms with Crippen LogP contribution in [0.1, 0.15) is 66.8 Å². The quantitative estimate of drug-likeness (QED) is 0.821. The van der Waals surface area contributed by atoms with Crippen molar-refractivity contribution in [3.63, 3.8) is 0 Å². The van der Waals surface area contributed by atoms with E-state index in [1.54, 1.807) is 4.90 Å². The molecular weight excluding hydrogens is 322 g/mol. The van der Waals surface area contributed by atoms with Crippen LogP contribution in [0.2, 0.25) is 0 Å². The standard InChI is InChI=1S/C18H25N3O4/c1-3-21(4-2)17(25)18(9-6-5-7-10-18)20-15(22)13-8-11-19-14(12-13)16(23)24/h8,11-12H,3-7,9-10H2,1-2H3,(H,20,22)(H,23,24). The predicted octanol–water partition coefficient (Wildman–Crippen LogP) is 2.08. The Morgan fingerprint density at radius 2 is 1.84 bits per heavy atom. The lowest BCUT2D eigenvalue weighted by Gasteiger charge is -2.40. The largest absolute Gasteiger partial charge is 0.477 e. The minimum atomic E-state index is -1.19. The second kappa shape index (κ2) is 8.09. The van der Waals surface area contributed by atoms with E-state index in [9.17, 15) is 14.4 Å². The average Bonchev–Trinajstić information content (AvgIpc) is 2.63. The Kier molecular flexibility index (Phi) is 6.12. The number of hydrogen-bond acceptors (Lipinski definition) is 4. The van der Waals surface area contributed by atoms with Gasteiger partial charge in [-0.1, -0.05) is 19.3 Å². The highest BCUT2D eigenvalue weighted by atomic mass is 16.4. The van der Waals surface area contributed by atoms with Crippen LogP contribution in [0.25, 0.3) is 0 Å². The third-order valence-corrected chi connectivity index (χ3v) is 4.76. The van der Waals surface area contributed by atoms with E-state index in [1.807, 2.05) is 13.8 Å². The minimum absolute atomic E-state index is 0.0573. The van der Waals surface area contributed by atoms with Crippen molar-refractivity contribution in [3.05, 3.63) is 29.6 Å². The molecule has 0 aromatic carbocycles. The van der Waals surface area contributed by atoms with Crippen molar-refractivity contribution in [1.82, 2.24) is 15.2 Å². The fourth-order valence-electron chi connectivity index (χ4n) is 3.34. The Hall–Kier alpha value is -2.44. The molecule has 25 heavy (non-hydrogen) atoms. The van der Waals surface area contributed by atoms with Crippen molar-refractivity contribution in [2.45, 2.75) is 51.5 Å². The number of aromatic carboxylic acids is 1. The Labute approximate surface area is 147 Å². The molecule has 1 aromatic heterocycles. The second-order valence-electron chi connectivity index (χ2n) is 6.31. The summed E-state index contributed by atoms with van der Waals surface area (Å²) in [6.07, 6.45) is 5.30. The number of hydrogen-bond donors (Lipinski definition) is 2. The van der Waals surface area contributed by atoms with Crippen molar-refractivity contribution >= 4 is 17.8 Å². The summed E-state index contributed by atoms with van der Waals surface area (Å²) in [4.78, 5) is 42.2. The number of carboxylic acids is 1. The highest BCUT2D eigenvalue weighted by molar-refractivity contribution is 6.00. The van der Waals surface area contributed by atoms with Gasteiger partial charge in [-0.05, 0) is 38.8 Å². The lowest BCUT2D eigenvalue weighted by molar-refractivity contribution is -0.139. The molecule has 1 aromatic rings. The zero-order chi connectivity index (χ0) is 18.4. The molecule has 1 aliphatic carbocycles. The zero-order valence-corrected chi connectivity index (χ0v) is 14.7. The topological polar surface area (TPSA) is 99.6 Å². The SMILES string of the molecule is CCN(CC)C(=O)C1(NC(=O)c2ccnc(C(=O)O)c2)CCCCC1. The smallest absolute Gasteiger partial charge is 0.354 e. The van der Waals surface area contributed by atoms with Crippen LogP contribution in [0.15, 0.2) is 18.3 Å². The van der Waals surface area contributed by atoms with Crippen LogP contribution < -0.4 is 5.32 Å². The molecular formula is C18H25N3O4. The fraction of sp³-hybridized carbons (Fsp3) is 0.556. The van der Waals surface area contributed by atoms with E-state index in [2.05, 4.69) is 10.3 Å². The zero-order valence-electron chi connectivity index (χ0n) is 14.7. The van der Waals surface area contributed by atoms with Crippen LogP contribution in [0, 0.1) is 0 Å². The molecule has 0 aliphatic heterocycles. The molecule has 2 amide bonds. The summed E-state index contributed by atoms with van der Waals surface area (Å²) >= 11 is 0. The van der Waals surface area contributed by atoms with Gasteiger partial charge in [-0.25, -0.2) is 9.78 Å². The highest BCUT2D eigenvalue weighted by Gasteiger charge is 2.42. The molecule has 7 heteroatoms. The maximum absolute atomic E-state index is 13.0. The van der Waals surface area contributed by atoms with Crippen LogP contribution in [0.4, 0.5) is 0 Å². The van der Waals surface area contributed by atoms with E-state index in [0.29, 0.717) is 25.9 Å². The van der Waals surface area contributed by atoms with Gasteiger partial charge in [0, 0.05) is 24.8 Å². The minimum Gasteiger partial charge on any atom is -0.477 e. The number of nitrogens with one attached hydrogen (secondary N) is 1. The molecule has 0 radical (unpaired) electrons. The van der Waals surface area contributed by atoms with E-state index < -0.39 is 17.4 Å². The van der Waals surface area contributed by atoms with Gasteiger partial charge in [0.25, 0.3) is 5.91 Å². The molecule has 1 aliphatic rings. The van der Waals surface area contributed by atoms with Crippen LogP contribution >= 0.6 is 0 Å². The summed E-state index contributed by atoms with van der Waals surface area (Å²) in [6.45, 7) is 5.01. The Morgan fingerprint density at radius 3 is 2.40 bits per heavy atom. The predicted molar refractivity (Wildman–Crippen MR) is 92.4 cm³/mol. The third kappa shape index (κ3) is 4.15. The summed E-state index contributed by atoms with van der Waals surface area (Å²) in [5.74, 6) is -1.69. The molecule has 1 heterocycles. The molecule has 136 valence electrons. The first-order chi connectivity index (χ1) is 11.9. The van der Waals surface area contributed by atoms with Gasteiger partial charge in [-0.15, -0.1) is 0 Å². The van der Waals surface area contributed by atoms with Gasteiger partial charge in [0.2, 0.25) is 5.91 Å². The number of carboxylic acid groups (broad SMARTS) is 1. The van der Waals surface area contributed by atoms with Gasteiger partial charge in [0.05, 0.1) is 0 Å². The summed E-state index contributed by atoms with van der Waals surface area (Å²) in [6, 6.07) is 2.69. The number of aromatic nitrogens is 1. The van der Waals surface area contributed by atoms with Crippen LogP contribution in [-0.2, 0) is 4.79 Å². The maximum atomic E-state index is 13.0. The molecule has 2 N–H and O–H groups in total. The van der Waals surface area contributed by atoms with E-state index in [0.717, 1.165) is 19.3 Å². The summed E-state index contributed by atoms with van der Waals surface area (Å²) in [5, 5.41) is 11.9. The Morgan fingerprint density at radius 1 is 1.20 bits per heavy atom. The highest BCUT2D eigenvalue weighted by Crippen LogP contribution is 2.30. The summed E-state index contributed by atoms with van der Waals surface area (Å²) < 4.78 is 0. The first kappa shape index (κ1) is 18.9. The van der Waals surface area contributed by atoms with E-state index in [4.69, 9.17) is 5.11 Å². The first-order valence-electron chi connectivity index (χ1n) is 8.74. The number of amides is 2. The van der Waals surface area contributed by atoms with Crippen molar-refractivity contribution in [3.8, 4) is 0 Å². The van der Waals surface area contributed by atoms with E-state index >= 15 is 0 Å². The number of nitrogens with zero attached hydrogens (tertiary/aromatic N) is 2. The fourth-order valence-corrected chi connectivity index (χ4v) is 3.34. The monoisotopic (exact) mass is 347 g/mol. The van der Waals surface area contributed by atoms with Crippen LogP contribution in [0.3, 0.4) is 0 Å². The van der Waals surface area contributed by atoms with Gasteiger partial charge >= 0.3 is 5.97 Å². The number of pyridine rings is 1. The average molecular weight is 347 g/mol. The summed E-state index contributed by atoms with van der Waals surface area (Å²) in [5.41, 5.74) is -0.904. The van der Waals surface area contributed by atoms with Crippen molar-refractivity contribution < 1.29 is 19.5 Å². The number of carbonyl (C=O) groups is 3. The number of carbonyl (C=O) groups excluding carboxylic acids is 2. The molecule has 1 saturated carbocycles. The van der Waals surface area contributed by atoms with Gasteiger partial charge in [0.1, 0.15) is 11.2 Å². The molecule has 0 saturated heterocycles. The molecule has 2 rings (SSSR count). The summed E-state index contributed by atoms with van der Waals surface area (Å²) in [7, 11) is 0. The van der Waals surface area contributed by atoms with Gasteiger partial charge in [-0.2, -0.15) is 0 Å². The lowest BCUT2D eigenvalue weighted by Crippen LogP contribution is -2.60. The number of likely N-dealkylation sites (N-methyl/N-ethyl adjacent to an activating group) is 1. The van der Waals surface area contributed by atoms with E-state index in [1.165, 1.54) is 18.3 Å². The van der Waals surface area contributed by atoms with Crippen molar-refractivity contribution in [2.75, 3.05) is 13.1 Å². The molecule has 0 spiro atoms. The van der Waals surface area contributed by atoms with Crippen LogP contribution in [-0.4, -0.2) is 51.4 Å². The van der Waals surface area contributed by atoms with Gasteiger partial charge < -0.3 is 15.3 Å².